The van der Waals surface area contributed by atoms with Crippen LogP contribution in [0, 0.1) is 0 Å². The third-order valence-corrected chi connectivity index (χ3v) is 2.22. The summed E-state index contributed by atoms with van der Waals surface area (Å²) < 4.78 is 0. The number of aromatic nitrogens is 1. The minimum Gasteiger partial charge on any atom is -0.288 e. The summed E-state index contributed by atoms with van der Waals surface area (Å²) in [5.74, 6) is 0. The SMILES string of the molecule is C=Cc1cc(C(/C=C\C)=NC)cnc1C=C. The Labute approximate surface area is 96.8 Å². The molecule has 1 aromatic rings. The van der Waals surface area contributed by atoms with Gasteiger partial charge in [0.25, 0.3) is 0 Å². The Kier molecular flexibility index (Phi) is 4.40. The van der Waals surface area contributed by atoms with Gasteiger partial charge in [-0.25, -0.2) is 0 Å². The molecule has 0 saturated carbocycles. The molecule has 0 aromatic carbocycles. The molecular weight excluding hydrogens is 196 g/mol. The fourth-order valence-corrected chi connectivity index (χ4v) is 1.42. The molecule has 1 heterocycles. The average Bonchev–Trinajstić information content (AvgIpc) is 2.35. The molecule has 2 nitrogen and oxygen atoms in total. The summed E-state index contributed by atoms with van der Waals surface area (Å²) in [6, 6.07) is 2.01. The van der Waals surface area contributed by atoms with Crippen molar-refractivity contribution in [1.29, 1.82) is 0 Å². The summed E-state index contributed by atoms with van der Waals surface area (Å²) in [4.78, 5) is 8.52. The zero-order valence-electron chi connectivity index (χ0n) is 9.77. The van der Waals surface area contributed by atoms with E-state index in [1.807, 2.05) is 25.1 Å². The van der Waals surface area contributed by atoms with E-state index < -0.39 is 0 Å². The van der Waals surface area contributed by atoms with Gasteiger partial charge in [0.2, 0.25) is 0 Å². The maximum atomic E-state index is 4.32. The average molecular weight is 212 g/mol. The van der Waals surface area contributed by atoms with Gasteiger partial charge in [-0.2, -0.15) is 0 Å². The van der Waals surface area contributed by atoms with Crippen LogP contribution in [0.4, 0.5) is 0 Å². The summed E-state index contributed by atoms with van der Waals surface area (Å²) in [6.45, 7) is 9.45. The molecule has 0 fully saturated rings. The lowest BCUT2D eigenvalue weighted by molar-refractivity contribution is 1.27. The predicted molar refractivity (Wildman–Crippen MR) is 71.7 cm³/mol. The molecule has 0 radical (unpaired) electrons. The maximum Gasteiger partial charge on any atom is 0.0696 e. The molecule has 82 valence electrons. The molecule has 0 amide bonds. The van der Waals surface area contributed by atoms with Crippen molar-refractivity contribution >= 4 is 17.9 Å². The summed E-state index contributed by atoms with van der Waals surface area (Å²) in [5.41, 5.74) is 3.71. The Morgan fingerprint density at radius 3 is 2.62 bits per heavy atom. The molecule has 0 spiro atoms. The van der Waals surface area contributed by atoms with E-state index in [-0.39, 0.29) is 0 Å². The van der Waals surface area contributed by atoms with Crippen molar-refractivity contribution in [3.63, 3.8) is 0 Å². The Morgan fingerprint density at radius 2 is 2.12 bits per heavy atom. The van der Waals surface area contributed by atoms with E-state index in [2.05, 4.69) is 23.1 Å². The quantitative estimate of drug-likeness (QED) is 0.702. The van der Waals surface area contributed by atoms with E-state index >= 15 is 0 Å². The second-order valence-electron chi connectivity index (χ2n) is 3.22. The molecule has 0 bridgehead atoms. The second kappa shape index (κ2) is 5.81. The van der Waals surface area contributed by atoms with E-state index in [0.717, 1.165) is 22.5 Å². The summed E-state index contributed by atoms with van der Waals surface area (Å²) in [5, 5.41) is 0. The van der Waals surface area contributed by atoms with Crippen molar-refractivity contribution < 1.29 is 0 Å². The first-order valence-electron chi connectivity index (χ1n) is 5.11. The molecule has 0 aliphatic rings. The van der Waals surface area contributed by atoms with Gasteiger partial charge in [0, 0.05) is 24.4 Å². The Balaban J connectivity index is 3.26. The fourth-order valence-electron chi connectivity index (χ4n) is 1.42. The highest BCUT2D eigenvalue weighted by molar-refractivity contribution is 6.08. The third-order valence-electron chi connectivity index (χ3n) is 2.22. The van der Waals surface area contributed by atoms with Crippen molar-refractivity contribution in [3.8, 4) is 0 Å². The lowest BCUT2D eigenvalue weighted by Crippen LogP contribution is -1.99. The fraction of sp³-hybridized carbons (Fsp3) is 0.143. The monoisotopic (exact) mass is 212 g/mol. The van der Waals surface area contributed by atoms with Crippen LogP contribution in [0.1, 0.15) is 23.7 Å². The third kappa shape index (κ3) is 2.54. The van der Waals surface area contributed by atoms with E-state index in [1.165, 1.54) is 0 Å². The molecule has 16 heavy (non-hydrogen) atoms. The number of nitrogens with zero attached hydrogens (tertiary/aromatic N) is 2. The van der Waals surface area contributed by atoms with Gasteiger partial charge in [-0.05, 0) is 25.1 Å². The minimum absolute atomic E-state index is 0.842. The Hall–Kier alpha value is -1.96. The predicted octanol–water partition coefficient (Wildman–Crippen LogP) is 3.36. The van der Waals surface area contributed by atoms with E-state index in [0.29, 0.717) is 0 Å². The number of hydrogen-bond acceptors (Lipinski definition) is 2. The van der Waals surface area contributed by atoms with E-state index in [9.17, 15) is 0 Å². The molecule has 0 aliphatic heterocycles. The Morgan fingerprint density at radius 1 is 1.38 bits per heavy atom. The summed E-state index contributed by atoms with van der Waals surface area (Å²) >= 11 is 0. The van der Waals surface area contributed by atoms with Gasteiger partial charge in [0.15, 0.2) is 0 Å². The van der Waals surface area contributed by atoms with E-state index in [1.54, 1.807) is 25.4 Å². The van der Waals surface area contributed by atoms with Crippen molar-refractivity contribution in [1.82, 2.24) is 4.98 Å². The largest absolute Gasteiger partial charge is 0.288 e. The molecular formula is C14H16N2. The topological polar surface area (TPSA) is 25.2 Å². The first-order chi connectivity index (χ1) is 7.76. The van der Waals surface area contributed by atoms with Crippen LogP contribution < -0.4 is 0 Å². The molecule has 1 aromatic heterocycles. The second-order valence-corrected chi connectivity index (χ2v) is 3.22. The van der Waals surface area contributed by atoms with Crippen LogP contribution in [-0.2, 0) is 0 Å². The van der Waals surface area contributed by atoms with Crippen LogP contribution in [-0.4, -0.2) is 17.7 Å². The number of aliphatic imine (C=N–C) groups is 1. The lowest BCUT2D eigenvalue weighted by Gasteiger charge is -2.04. The van der Waals surface area contributed by atoms with Gasteiger partial charge in [-0.1, -0.05) is 25.3 Å². The normalized spacial score (nSPS) is 11.8. The number of pyridine rings is 1. The Bertz CT molecular complexity index is 454. The van der Waals surface area contributed by atoms with Gasteiger partial charge in [0.05, 0.1) is 11.4 Å². The highest BCUT2D eigenvalue weighted by Crippen LogP contribution is 2.12. The number of rotatable bonds is 4. The van der Waals surface area contributed by atoms with Crippen LogP contribution in [0.15, 0.2) is 42.6 Å². The van der Waals surface area contributed by atoms with Crippen molar-refractivity contribution in [3.05, 3.63) is 54.4 Å². The first-order valence-corrected chi connectivity index (χ1v) is 5.11. The molecule has 1 rings (SSSR count). The van der Waals surface area contributed by atoms with Crippen LogP contribution >= 0.6 is 0 Å². The molecule has 0 saturated heterocycles. The maximum absolute atomic E-state index is 4.32. The highest BCUT2D eigenvalue weighted by atomic mass is 14.7. The minimum atomic E-state index is 0.842. The lowest BCUT2D eigenvalue weighted by atomic mass is 10.1. The zero-order valence-corrected chi connectivity index (χ0v) is 9.77. The zero-order chi connectivity index (χ0) is 12.0. The van der Waals surface area contributed by atoms with Crippen molar-refractivity contribution in [2.45, 2.75) is 6.92 Å². The van der Waals surface area contributed by atoms with Crippen LogP contribution in [0.5, 0.6) is 0 Å². The van der Waals surface area contributed by atoms with Crippen LogP contribution in [0.25, 0.3) is 12.2 Å². The van der Waals surface area contributed by atoms with E-state index in [4.69, 9.17) is 0 Å². The van der Waals surface area contributed by atoms with Crippen molar-refractivity contribution in [2.75, 3.05) is 7.05 Å². The molecule has 0 atom stereocenters. The first kappa shape index (κ1) is 12.1. The van der Waals surface area contributed by atoms with Gasteiger partial charge < -0.3 is 0 Å². The number of hydrogen-bond donors (Lipinski definition) is 0. The van der Waals surface area contributed by atoms with Crippen molar-refractivity contribution in [2.24, 2.45) is 4.99 Å². The highest BCUT2D eigenvalue weighted by Gasteiger charge is 2.03. The van der Waals surface area contributed by atoms with Crippen LogP contribution in [0.3, 0.4) is 0 Å². The standard InChI is InChI=1S/C14H16N2/c1-5-8-14(15-4)12-9-11(6-2)13(7-3)16-10-12/h5-10H,2-3H2,1,4H3/b8-5-,15-14?. The van der Waals surface area contributed by atoms with Crippen LogP contribution in [0.2, 0.25) is 0 Å². The molecule has 2 heteroatoms. The number of allylic oxidation sites excluding steroid dienone is 2. The van der Waals surface area contributed by atoms with Gasteiger partial charge in [-0.3, -0.25) is 9.98 Å². The molecule has 0 aliphatic carbocycles. The molecule has 0 N–H and O–H groups in total. The van der Waals surface area contributed by atoms with Gasteiger partial charge in [-0.15, -0.1) is 0 Å². The van der Waals surface area contributed by atoms with Gasteiger partial charge >= 0.3 is 0 Å². The van der Waals surface area contributed by atoms with Gasteiger partial charge in [0.1, 0.15) is 0 Å². The smallest absolute Gasteiger partial charge is 0.0696 e. The summed E-state index contributed by atoms with van der Waals surface area (Å²) in [6.07, 6.45) is 9.21. The summed E-state index contributed by atoms with van der Waals surface area (Å²) in [7, 11) is 1.77. The molecule has 0 unspecified atom stereocenters.